The number of benzene rings is 1. The third kappa shape index (κ3) is 4.10. The first kappa shape index (κ1) is 13.1. The average molecular weight is 256 g/mol. The lowest BCUT2D eigenvalue weighted by Gasteiger charge is -2.14. The van der Waals surface area contributed by atoms with E-state index in [4.69, 9.17) is 4.74 Å². The number of pyridine rings is 1. The third-order valence-corrected chi connectivity index (χ3v) is 2.61. The Bertz CT molecular complexity index is 514. The molecule has 1 N–H and O–H groups in total. The molecule has 0 bridgehead atoms. The number of rotatable bonds is 5. The van der Waals surface area contributed by atoms with Crippen LogP contribution in [0.5, 0.6) is 5.75 Å². The molecular weight excluding hydrogens is 240 g/mol. The number of amides is 1. The molecule has 0 fully saturated rings. The number of carbonyl (C=O) groups excluding carboxylic acids is 1. The number of nitrogens with zero attached hydrogens (tertiary/aromatic N) is 1. The van der Waals surface area contributed by atoms with Crippen molar-refractivity contribution in [3.63, 3.8) is 0 Å². The molecule has 98 valence electrons. The number of ether oxygens (including phenoxy) is 1. The van der Waals surface area contributed by atoms with Crippen LogP contribution >= 0.6 is 0 Å². The van der Waals surface area contributed by atoms with Gasteiger partial charge in [-0.15, -0.1) is 0 Å². The van der Waals surface area contributed by atoms with Gasteiger partial charge in [0, 0.05) is 18.9 Å². The lowest BCUT2D eigenvalue weighted by atomic mass is 10.2. The molecule has 0 saturated heterocycles. The predicted octanol–water partition coefficient (Wildman–Crippen LogP) is 2.17. The van der Waals surface area contributed by atoms with E-state index in [1.807, 2.05) is 42.5 Å². The summed E-state index contributed by atoms with van der Waals surface area (Å²) >= 11 is 0. The Morgan fingerprint density at radius 1 is 1.26 bits per heavy atom. The summed E-state index contributed by atoms with van der Waals surface area (Å²) in [5.41, 5.74) is 0.961. The molecule has 1 heterocycles. The van der Waals surface area contributed by atoms with Crippen molar-refractivity contribution in [3.05, 3.63) is 60.4 Å². The summed E-state index contributed by atoms with van der Waals surface area (Å²) in [6.45, 7) is 2.18. The molecule has 19 heavy (non-hydrogen) atoms. The second-order valence-corrected chi connectivity index (χ2v) is 4.15. The van der Waals surface area contributed by atoms with E-state index in [0.717, 1.165) is 5.56 Å². The van der Waals surface area contributed by atoms with Gasteiger partial charge in [0.2, 0.25) is 0 Å². The van der Waals surface area contributed by atoms with Crippen LogP contribution in [0.25, 0.3) is 0 Å². The molecule has 1 atom stereocenters. The summed E-state index contributed by atoms with van der Waals surface area (Å²) in [6.07, 6.45) is 2.90. The maximum Gasteiger partial charge on any atom is 0.261 e. The Morgan fingerprint density at radius 3 is 2.74 bits per heavy atom. The van der Waals surface area contributed by atoms with Crippen LogP contribution in [0.2, 0.25) is 0 Å². The Hall–Kier alpha value is -2.36. The van der Waals surface area contributed by atoms with E-state index in [9.17, 15) is 4.79 Å². The van der Waals surface area contributed by atoms with Gasteiger partial charge in [-0.3, -0.25) is 9.78 Å². The molecule has 0 aliphatic carbocycles. The van der Waals surface area contributed by atoms with Gasteiger partial charge in [-0.1, -0.05) is 24.3 Å². The summed E-state index contributed by atoms with van der Waals surface area (Å²) < 4.78 is 5.54. The van der Waals surface area contributed by atoms with Crippen LogP contribution in [0.4, 0.5) is 0 Å². The van der Waals surface area contributed by atoms with Gasteiger partial charge < -0.3 is 10.1 Å². The zero-order chi connectivity index (χ0) is 13.5. The summed E-state index contributed by atoms with van der Waals surface area (Å²) in [5, 5.41) is 2.82. The summed E-state index contributed by atoms with van der Waals surface area (Å²) in [6, 6.07) is 13.0. The Balaban J connectivity index is 1.83. The molecule has 0 aliphatic heterocycles. The minimum absolute atomic E-state index is 0.146. The largest absolute Gasteiger partial charge is 0.481 e. The summed E-state index contributed by atoms with van der Waals surface area (Å²) in [5.74, 6) is 0.541. The number of aromatic nitrogens is 1. The Kier molecular flexibility index (Phi) is 4.50. The molecule has 2 rings (SSSR count). The lowest BCUT2D eigenvalue weighted by Crippen LogP contribution is -2.35. The fraction of sp³-hybridized carbons (Fsp3) is 0.200. The van der Waals surface area contributed by atoms with Crippen molar-refractivity contribution in [2.24, 2.45) is 0 Å². The topological polar surface area (TPSA) is 51.2 Å². The number of hydrogen-bond acceptors (Lipinski definition) is 3. The van der Waals surface area contributed by atoms with Crippen molar-refractivity contribution in [2.75, 3.05) is 0 Å². The normalized spacial score (nSPS) is 11.6. The standard InChI is InChI=1S/C15H16N2O2/c1-12(19-14-7-3-2-4-8-14)15(18)17-11-13-6-5-9-16-10-13/h2-10,12H,11H2,1H3,(H,17,18)/t12-/m1/s1. The van der Waals surface area contributed by atoms with Crippen LogP contribution in [-0.4, -0.2) is 17.0 Å². The molecule has 0 spiro atoms. The van der Waals surface area contributed by atoms with Crippen molar-refractivity contribution in [1.29, 1.82) is 0 Å². The van der Waals surface area contributed by atoms with Crippen LogP contribution < -0.4 is 10.1 Å². The summed E-state index contributed by atoms with van der Waals surface area (Å²) in [4.78, 5) is 15.9. The van der Waals surface area contributed by atoms with Crippen LogP contribution in [-0.2, 0) is 11.3 Å². The minimum Gasteiger partial charge on any atom is -0.481 e. The van der Waals surface area contributed by atoms with E-state index in [1.54, 1.807) is 19.3 Å². The quantitative estimate of drug-likeness (QED) is 0.892. The van der Waals surface area contributed by atoms with Gasteiger partial charge in [0.05, 0.1) is 0 Å². The highest BCUT2D eigenvalue weighted by Crippen LogP contribution is 2.10. The van der Waals surface area contributed by atoms with Gasteiger partial charge in [-0.05, 0) is 30.7 Å². The van der Waals surface area contributed by atoms with Crippen molar-refractivity contribution in [1.82, 2.24) is 10.3 Å². The second-order valence-electron chi connectivity index (χ2n) is 4.15. The summed E-state index contributed by atoms with van der Waals surface area (Å²) in [7, 11) is 0. The SMILES string of the molecule is C[C@@H](Oc1ccccc1)C(=O)NCc1cccnc1. The molecule has 0 unspecified atom stereocenters. The smallest absolute Gasteiger partial charge is 0.261 e. The monoisotopic (exact) mass is 256 g/mol. The van der Waals surface area contributed by atoms with Gasteiger partial charge in [0.1, 0.15) is 5.75 Å². The van der Waals surface area contributed by atoms with Gasteiger partial charge >= 0.3 is 0 Å². The van der Waals surface area contributed by atoms with E-state index in [2.05, 4.69) is 10.3 Å². The van der Waals surface area contributed by atoms with Crippen molar-refractivity contribution in [3.8, 4) is 5.75 Å². The average Bonchev–Trinajstić information content (AvgIpc) is 2.47. The molecule has 0 aliphatic rings. The third-order valence-electron chi connectivity index (χ3n) is 2.61. The van der Waals surface area contributed by atoms with Crippen molar-refractivity contribution in [2.45, 2.75) is 19.6 Å². The number of hydrogen-bond donors (Lipinski definition) is 1. The Labute approximate surface area is 112 Å². The second kappa shape index (κ2) is 6.54. The molecule has 4 nitrogen and oxygen atoms in total. The lowest BCUT2D eigenvalue weighted by molar-refractivity contribution is -0.127. The predicted molar refractivity (Wildman–Crippen MR) is 72.6 cm³/mol. The molecule has 1 amide bonds. The first-order chi connectivity index (χ1) is 9.25. The van der Waals surface area contributed by atoms with Crippen molar-refractivity contribution >= 4 is 5.91 Å². The molecule has 4 heteroatoms. The van der Waals surface area contributed by atoms with Gasteiger partial charge in [0.15, 0.2) is 6.10 Å². The van der Waals surface area contributed by atoms with Gasteiger partial charge in [-0.25, -0.2) is 0 Å². The van der Waals surface area contributed by atoms with Crippen LogP contribution in [0.15, 0.2) is 54.9 Å². The number of nitrogens with one attached hydrogen (secondary N) is 1. The first-order valence-corrected chi connectivity index (χ1v) is 6.14. The molecule has 1 aromatic carbocycles. The molecule has 0 radical (unpaired) electrons. The van der Waals surface area contributed by atoms with Gasteiger partial charge in [0.25, 0.3) is 5.91 Å². The van der Waals surface area contributed by atoms with E-state index >= 15 is 0 Å². The van der Waals surface area contributed by atoms with E-state index in [1.165, 1.54) is 0 Å². The minimum atomic E-state index is -0.529. The van der Waals surface area contributed by atoms with Crippen molar-refractivity contribution < 1.29 is 9.53 Å². The zero-order valence-electron chi connectivity index (χ0n) is 10.7. The number of carbonyl (C=O) groups is 1. The van der Waals surface area contributed by atoms with Gasteiger partial charge in [-0.2, -0.15) is 0 Å². The Morgan fingerprint density at radius 2 is 2.05 bits per heavy atom. The molecule has 0 saturated carbocycles. The van der Waals surface area contributed by atoms with Crippen LogP contribution in [0, 0.1) is 0 Å². The van der Waals surface area contributed by atoms with E-state index in [0.29, 0.717) is 12.3 Å². The first-order valence-electron chi connectivity index (χ1n) is 6.14. The highest BCUT2D eigenvalue weighted by Gasteiger charge is 2.13. The molecule has 2 aromatic rings. The molecular formula is C15H16N2O2. The maximum absolute atomic E-state index is 11.9. The fourth-order valence-electron chi connectivity index (χ4n) is 1.59. The van der Waals surface area contributed by atoms with E-state index in [-0.39, 0.29) is 5.91 Å². The highest BCUT2D eigenvalue weighted by atomic mass is 16.5. The molecule has 1 aromatic heterocycles. The fourth-order valence-corrected chi connectivity index (χ4v) is 1.59. The number of para-hydroxylation sites is 1. The maximum atomic E-state index is 11.9. The highest BCUT2D eigenvalue weighted by molar-refractivity contribution is 5.80. The van der Waals surface area contributed by atoms with E-state index < -0.39 is 6.10 Å². The zero-order valence-corrected chi connectivity index (χ0v) is 10.7. The van der Waals surface area contributed by atoms with Crippen LogP contribution in [0.3, 0.4) is 0 Å². The van der Waals surface area contributed by atoms with Crippen LogP contribution in [0.1, 0.15) is 12.5 Å².